The van der Waals surface area contributed by atoms with E-state index in [0.717, 1.165) is 0 Å². The van der Waals surface area contributed by atoms with Crippen LogP contribution in [-0.4, -0.2) is 29.9 Å². The van der Waals surface area contributed by atoms with Crippen molar-refractivity contribution in [1.29, 1.82) is 0 Å². The van der Waals surface area contributed by atoms with Crippen LogP contribution in [-0.2, 0) is 0 Å². The van der Waals surface area contributed by atoms with Gasteiger partial charge in [-0.3, -0.25) is 0 Å². The third kappa shape index (κ3) is 3.52. The van der Waals surface area contributed by atoms with Gasteiger partial charge in [-0.15, -0.1) is 0 Å². The molecule has 3 N–H and O–H groups in total. The molecule has 2 atom stereocenters. The Balaban J connectivity index is 2.71. The summed E-state index contributed by atoms with van der Waals surface area (Å²) in [5.74, 6) is -0.388. The minimum absolute atomic E-state index is 0.282. The molecule has 0 radical (unpaired) electrons. The molecule has 2 unspecified atom stereocenters. The van der Waals surface area contributed by atoms with Crippen LogP contribution in [0.2, 0.25) is 0 Å². The van der Waals surface area contributed by atoms with Gasteiger partial charge in [0.25, 0.3) is 0 Å². The summed E-state index contributed by atoms with van der Waals surface area (Å²) in [5, 5.41) is 22.4. The zero-order valence-corrected chi connectivity index (χ0v) is 10.5. The van der Waals surface area contributed by atoms with Gasteiger partial charge in [0.05, 0.1) is 10.6 Å². The fraction of sp³-hybridized carbons (Fsp3) is 0.455. The lowest BCUT2D eigenvalue weighted by atomic mass is 10.0. The summed E-state index contributed by atoms with van der Waals surface area (Å²) in [7, 11) is 1.77. The van der Waals surface area contributed by atoms with Gasteiger partial charge in [-0.1, -0.05) is 6.07 Å². The summed E-state index contributed by atoms with van der Waals surface area (Å²) in [6.45, 7) is 0.612. The van der Waals surface area contributed by atoms with Crippen LogP contribution >= 0.6 is 15.9 Å². The lowest BCUT2D eigenvalue weighted by molar-refractivity contribution is 0.0139. The quantitative estimate of drug-likeness (QED) is 0.772. The van der Waals surface area contributed by atoms with Crippen molar-refractivity contribution in [3.63, 3.8) is 0 Å². The van der Waals surface area contributed by atoms with Crippen LogP contribution in [0.25, 0.3) is 0 Å². The SMILES string of the molecule is CNCCC(O)C(O)c1ccc(F)c(Br)c1. The highest BCUT2D eigenvalue weighted by Gasteiger charge is 2.18. The topological polar surface area (TPSA) is 52.5 Å². The van der Waals surface area contributed by atoms with Gasteiger partial charge in [0, 0.05) is 0 Å². The second-order valence-corrected chi connectivity index (χ2v) is 4.43. The molecule has 0 spiro atoms. The van der Waals surface area contributed by atoms with Crippen molar-refractivity contribution in [3.05, 3.63) is 34.1 Å². The molecule has 1 aromatic rings. The molecular formula is C11H15BrFNO2. The molecule has 1 rings (SSSR count). The Labute approximate surface area is 102 Å². The van der Waals surface area contributed by atoms with E-state index < -0.39 is 12.2 Å². The van der Waals surface area contributed by atoms with Crippen LogP contribution in [0.4, 0.5) is 4.39 Å². The molecule has 0 saturated carbocycles. The number of hydrogen-bond acceptors (Lipinski definition) is 3. The lowest BCUT2D eigenvalue weighted by Gasteiger charge is -2.18. The summed E-state index contributed by atoms with van der Waals surface area (Å²) >= 11 is 3.04. The molecule has 0 heterocycles. The first kappa shape index (κ1) is 13.6. The average Bonchev–Trinajstić information content (AvgIpc) is 2.28. The number of benzene rings is 1. The Hall–Kier alpha value is -0.490. The van der Waals surface area contributed by atoms with Crippen molar-refractivity contribution in [2.45, 2.75) is 18.6 Å². The third-order valence-electron chi connectivity index (χ3n) is 2.34. The fourth-order valence-corrected chi connectivity index (χ4v) is 1.77. The molecule has 0 saturated heterocycles. The van der Waals surface area contributed by atoms with Gasteiger partial charge in [-0.25, -0.2) is 4.39 Å². The molecule has 16 heavy (non-hydrogen) atoms. The van der Waals surface area contributed by atoms with Crippen LogP contribution in [0.5, 0.6) is 0 Å². The molecule has 0 bridgehead atoms. The monoisotopic (exact) mass is 291 g/mol. The molecule has 1 aromatic carbocycles. The van der Waals surface area contributed by atoms with Gasteiger partial charge in [-0.05, 0) is 53.6 Å². The predicted octanol–water partition coefficient (Wildman–Crippen LogP) is 1.59. The van der Waals surface area contributed by atoms with Crippen molar-refractivity contribution in [3.8, 4) is 0 Å². The van der Waals surface area contributed by atoms with Crippen molar-refractivity contribution < 1.29 is 14.6 Å². The second-order valence-electron chi connectivity index (χ2n) is 3.58. The minimum Gasteiger partial charge on any atom is -0.390 e. The normalized spacial score (nSPS) is 14.8. The highest BCUT2D eigenvalue weighted by molar-refractivity contribution is 9.10. The fourth-order valence-electron chi connectivity index (χ4n) is 1.37. The highest BCUT2D eigenvalue weighted by Crippen LogP contribution is 2.24. The third-order valence-corrected chi connectivity index (χ3v) is 2.95. The molecule has 0 aliphatic heterocycles. The van der Waals surface area contributed by atoms with E-state index >= 15 is 0 Å². The predicted molar refractivity (Wildman–Crippen MR) is 63.6 cm³/mol. The highest BCUT2D eigenvalue weighted by atomic mass is 79.9. The van der Waals surface area contributed by atoms with E-state index in [2.05, 4.69) is 21.2 Å². The van der Waals surface area contributed by atoms with E-state index in [9.17, 15) is 14.6 Å². The first-order valence-electron chi connectivity index (χ1n) is 5.02. The minimum atomic E-state index is -0.995. The maximum absolute atomic E-state index is 13.0. The Kier molecular flexibility index (Phi) is 5.34. The molecule has 0 amide bonds. The van der Waals surface area contributed by atoms with E-state index in [0.29, 0.717) is 18.5 Å². The first-order valence-corrected chi connectivity index (χ1v) is 5.81. The molecule has 90 valence electrons. The van der Waals surface area contributed by atoms with Crippen molar-refractivity contribution in [2.24, 2.45) is 0 Å². The maximum atomic E-state index is 13.0. The van der Waals surface area contributed by atoms with Gasteiger partial charge in [0.2, 0.25) is 0 Å². The van der Waals surface area contributed by atoms with Gasteiger partial charge in [0.1, 0.15) is 11.9 Å². The average molecular weight is 292 g/mol. The van der Waals surface area contributed by atoms with Crippen LogP contribution in [0, 0.1) is 5.82 Å². The summed E-state index contributed by atoms with van der Waals surface area (Å²) in [4.78, 5) is 0. The van der Waals surface area contributed by atoms with Gasteiger partial charge < -0.3 is 15.5 Å². The zero-order valence-electron chi connectivity index (χ0n) is 8.95. The Morgan fingerprint density at radius 3 is 2.69 bits per heavy atom. The molecule has 3 nitrogen and oxygen atoms in total. The van der Waals surface area contributed by atoms with Crippen LogP contribution in [0.3, 0.4) is 0 Å². The Morgan fingerprint density at radius 1 is 1.44 bits per heavy atom. The number of halogens is 2. The Bertz CT molecular complexity index is 349. The summed E-state index contributed by atoms with van der Waals surface area (Å²) in [6.07, 6.45) is -1.41. The van der Waals surface area contributed by atoms with Crippen LogP contribution in [0.1, 0.15) is 18.1 Å². The largest absolute Gasteiger partial charge is 0.390 e. The number of nitrogens with one attached hydrogen (secondary N) is 1. The smallest absolute Gasteiger partial charge is 0.137 e. The van der Waals surface area contributed by atoms with E-state index in [1.54, 1.807) is 7.05 Å². The lowest BCUT2D eigenvalue weighted by Crippen LogP contribution is -2.23. The van der Waals surface area contributed by atoms with Crippen LogP contribution < -0.4 is 5.32 Å². The molecule has 0 fully saturated rings. The standard InChI is InChI=1S/C11H15BrFNO2/c1-14-5-4-10(15)11(16)7-2-3-9(13)8(12)6-7/h2-3,6,10-11,14-16H,4-5H2,1H3. The molecular weight excluding hydrogens is 277 g/mol. The van der Waals surface area contributed by atoms with E-state index in [1.165, 1.54) is 18.2 Å². The van der Waals surface area contributed by atoms with Crippen molar-refractivity contribution >= 4 is 15.9 Å². The molecule has 0 aromatic heterocycles. The molecule has 5 heteroatoms. The number of aliphatic hydroxyl groups is 2. The second kappa shape index (κ2) is 6.30. The zero-order chi connectivity index (χ0) is 12.1. The summed E-state index contributed by atoms with van der Waals surface area (Å²) in [6, 6.07) is 4.20. The number of aliphatic hydroxyl groups excluding tert-OH is 2. The summed E-state index contributed by atoms with van der Waals surface area (Å²) in [5.41, 5.74) is 0.497. The molecule has 0 aliphatic carbocycles. The van der Waals surface area contributed by atoms with Crippen molar-refractivity contribution in [1.82, 2.24) is 5.32 Å². The van der Waals surface area contributed by atoms with Crippen LogP contribution in [0.15, 0.2) is 22.7 Å². The number of hydrogen-bond donors (Lipinski definition) is 3. The summed E-state index contributed by atoms with van der Waals surface area (Å²) < 4.78 is 13.2. The van der Waals surface area contributed by atoms with Crippen molar-refractivity contribution in [2.75, 3.05) is 13.6 Å². The van der Waals surface area contributed by atoms with Gasteiger partial charge >= 0.3 is 0 Å². The number of rotatable bonds is 5. The van der Waals surface area contributed by atoms with E-state index in [-0.39, 0.29) is 10.3 Å². The maximum Gasteiger partial charge on any atom is 0.137 e. The van der Waals surface area contributed by atoms with Gasteiger partial charge in [0.15, 0.2) is 0 Å². The van der Waals surface area contributed by atoms with E-state index in [1.807, 2.05) is 0 Å². The molecule has 0 aliphatic rings. The Morgan fingerprint density at radius 2 is 2.12 bits per heavy atom. The van der Waals surface area contributed by atoms with Gasteiger partial charge in [-0.2, -0.15) is 0 Å². The van der Waals surface area contributed by atoms with E-state index in [4.69, 9.17) is 0 Å². The first-order chi connectivity index (χ1) is 7.56.